The van der Waals surface area contributed by atoms with Gasteiger partial charge in [-0.15, -0.1) is 0 Å². The van der Waals surface area contributed by atoms with E-state index >= 15 is 0 Å². The Hall–Kier alpha value is -4.46. The number of benzene rings is 3. The van der Waals surface area contributed by atoms with Gasteiger partial charge >= 0.3 is 5.91 Å². The van der Waals surface area contributed by atoms with Crippen molar-refractivity contribution in [2.75, 3.05) is 12.0 Å². The molecule has 2 heterocycles. The lowest BCUT2D eigenvalue weighted by Gasteiger charge is -2.25. The summed E-state index contributed by atoms with van der Waals surface area (Å²) in [5.41, 5.74) is 3.49. The van der Waals surface area contributed by atoms with Gasteiger partial charge in [-0.05, 0) is 65.4 Å². The number of carbonyl (C=O) groups excluding carboxylic acids is 2. The monoisotopic (exact) mass is 513 g/mol. The molecule has 8 heteroatoms. The lowest BCUT2D eigenvalue weighted by Crippen LogP contribution is -2.30. The predicted octanol–water partition coefficient (Wildman–Crippen LogP) is 5.94. The van der Waals surface area contributed by atoms with Crippen molar-refractivity contribution in [2.45, 2.75) is 39.2 Å². The number of ether oxygens (including phenoxy) is 1. The molecule has 194 valence electrons. The SMILES string of the molecule is COc1ccc(/C(O)=C2\C(=O)C(=O)N(c3nc4ccc(F)cc4[nH]3)C2c2ccc(C(C)(C)C)cc2)cc1C. The van der Waals surface area contributed by atoms with E-state index in [0.717, 1.165) is 11.1 Å². The zero-order chi connectivity index (χ0) is 27.4. The Bertz CT molecular complexity index is 1610. The van der Waals surface area contributed by atoms with Gasteiger partial charge in [-0.1, -0.05) is 45.0 Å². The van der Waals surface area contributed by atoms with Gasteiger partial charge in [0.15, 0.2) is 0 Å². The van der Waals surface area contributed by atoms with E-state index in [1.54, 1.807) is 25.3 Å². The molecule has 1 aromatic heterocycles. The third-order valence-corrected chi connectivity index (χ3v) is 6.86. The lowest BCUT2D eigenvalue weighted by molar-refractivity contribution is -0.132. The molecule has 1 unspecified atom stereocenters. The summed E-state index contributed by atoms with van der Waals surface area (Å²) in [5, 5.41) is 11.4. The summed E-state index contributed by atoms with van der Waals surface area (Å²) < 4.78 is 19.2. The number of aromatic nitrogens is 2. The van der Waals surface area contributed by atoms with Gasteiger partial charge in [0.1, 0.15) is 17.3 Å². The number of nitrogens with zero attached hydrogens (tertiary/aromatic N) is 2. The van der Waals surface area contributed by atoms with Crippen molar-refractivity contribution in [3.63, 3.8) is 0 Å². The number of H-pyrrole nitrogens is 1. The summed E-state index contributed by atoms with van der Waals surface area (Å²) in [6.45, 7) is 8.10. The average molecular weight is 514 g/mol. The normalized spacial score (nSPS) is 17.4. The number of aliphatic hydroxyl groups is 1. The number of aliphatic hydroxyl groups excluding tert-OH is 1. The first kappa shape index (κ1) is 25.2. The smallest absolute Gasteiger partial charge is 0.302 e. The van der Waals surface area contributed by atoms with Crippen LogP contribution in [0.4, 0.5) is 10.3 Å². The van der Waals surface area contributed by atoms with Crippen LogP contribution in [0, 0.1) is 12.7 Å². The van der Waals surface area contributed by atoms with E-state index in [1.807, 2.05) is 31.2 Å². The van der Waals surface area contributed by atoms with E-state index in [4.69, 9.17) is 4.74 Å². The Morgan fingerprint density at radius 2 is 1.76 bits per heavy atom. The van der Waals surface area contributed by atoms with Crippen LogP contribution in [0.5, 0.6) is 5.75 Å². The molecule has 0 saturated carbocycles. The van der Waals surface area contributed by atoms with Crippen LogP contribution in [0.2, 0.25) is 0 Å². The first-order valence-corrected chi connectivity index (χ1v) is 12.2. The fourth-order valence-corrected chi connectivity index (χ4v) is 4.80. The van der Waals surface area contributed by atoms with Crippen molar-refractivity contribution in [1.29, 1.82) is 0 Å². The van der Waals surface area contributed by atoms with Crippen molar-refractivity contribution in [1.82, 2.24) is 9.97 Å². The molecule has 0 radical (unpaired) electrons. The quantitative estimate of drug-likeness (QED) is 0.200. The summed E-state index contributed by atoms with van der Waals surface area (Å²) in [6.07, 6.45) is 0. The molecule has 1 aliphatic rings. The fraction of sp³-hybridized carbons (Fsp3) is 0.233. The minimum atomic E-state index is -0.961. The molecule has 1 atom stereocenters. The summed E-state index contributed by atoms with van der Waals surface area (Å²) >= 11 is 0. The molecule has 7 nitrogen and oxygen atoms in total. The largest absolute Gasteiger partial charge is 0.507 e. The molecular weight excluding hydrogens is 485 g/mol. The van der Waals surface area contributed by atoms with Crippen LogP contribution in [-0.4, -0.2) is 33.9 Å². The minimum Gasteiger partial charge on any atom is -0.507 e. The van der Waals surface area contributed by atoms with Crippen LogP contribution in [0.15, 0.2) is 66.2 Å². The average Bonchev–Trinajstić information content (AvgIpc) is 3.40. The van der Waals surface area contributed by atoms with E-state index < -0.39 is 23.5 Å². The van der Waals surface area contributed by atoms with E-state index in [9.17, 15) is 19.1 Å². The van der Waals surface area contributed by atoms with Gasteiger partial charge in [0.2, 0.25) is 5.95 Å². The maximum absolute atomic E-state index is 13.8. The number of imidazole rings is 1. The van der Waals surface area contributed by atoms with Crippen molar-refractivity contribution in [3.8, 4) is 5.75 Å². The summed E-state index contributed by atoms with van der Waals surface area (Å²) in [7, 11) is 1.55. The van der Waals surface area contributed by atoms with Gasteiger partial charge in [0.05, 0.1) is 29.8 Å². The maximum Gasteiger partial charge on any atom is 0.302 e. The molecule has 3 aromatic carbocycles. The molecule has 0 aliphatic carbocycles. The van der Waals surface area contributed by atoms with Crippen LogP contribution in [0.25, 0.3) is 16.8 Å². The van der Waals surface area contributed by atoms with Gasteiger partial charge in [0, 0.05) is 5.56 Å². The summed E-state index contributed by atoms with van der Waals surface area (Å²) in [6, 6.07) is 15.7. The molecule has 0 spiro atoms. The van der Waals surface area contributed by atoms with E-state index in [1.165, 1.54) is 23.1 Å². The van der Waals surface area contributed by atoms with Crippen molar-refractivity contribution in [2.24, 2.45) is 0 Å². The number of halogens is 1. The zero-order valence-corrected chi connectivity index (χ0v) is 21.8. The molecule has 2 N–H and O–H groups in total. The number of aromatic amines is 1. The maximum atomic E-state index is 13.8. The lowest BCUT2D eigenvalue weighted by atomic mass is 9.85. The molecule has 1 amide bonds. The summed E-state index contributed by atoms with van der Waals surface area (Å²) in [4.78, 5) is 35.6. The molecule has 0 bridgehead atoms. The van der Waals surface area contributed by atoms with E-state index in [0.29, 0.717) is 27.9 Å². The Morgan fingerprint density at radius 1 is 1.05 bits per heavy atom. The first-order chi connectivity index (χ1) is 18.0. The van der Waals surface area contributed by atoms with Crippen LogP contribution in [-0.2, 0) is 15.0 Å². The van der Waals surface area contributed by atoms with Crippen molar-refractivity contribution >= 4 is 34.4 Å². The second-order valence-electron chi connectivity index (χ2n) is 10.4. The molecule has 38 heavy (non-hydrogen) atoms. The third-order valence-electron chi connectivity index (χ3n) is 6.86. The van der Waals surface area contributed by atoms with Gasteiger partial charge in [-0.3, -0.25) is 14.5 Å². The molecular formula is C30H28FN3O4. The number of hydrogen-bond acceptors (Lipinski definition) is 5. The van der Waals surface area contributed by atoms with E-state index in [-0.39, 0.29) is 22.7 Å². The standard InChI is InChI=1S/C30H28FN3O4/c1-16-14-18(8-13-23(16)38-5)26(35)24-25(17-6-9-19(10-7-17)30(2,3)4)34(28(37)27(24)36)29-32-21-12-11-20(31)15-22(21)33-29/h6-15,25,35H,1-5H3,(H,32,33)/b26-24+. The first-order valence-electron chi connectivity index (χ1n) is 12.2. The number of rotatable bonds is 4. The minimum absolute atomic E-state index is 0.0605. The molecule has 1 saturated heterocycles. The predicted molar refractivity (Wildman–Crippen MR) is 144 cm³/mol. The number of hydrogen-bond donors (Lipinski definition) is 2. The highest BCUT2D eigenvalue weighted by atomic mass is 19.1. The Labute approximate surface area is 219 Å². The topological polar surface area (TPSA) is 95.5 Å². The van der Waals surface area contributed by atoms with Crippen LogP contribution >= 0.6 is 0 Å². The van der Waals surface area contributed by atoms with Crippen molar-refractivity contribution in [3.05, 3.63) is 94.3 Å². The Kier molecular flexibility index (Phi) is 6.06. The second kappa shape index (κ2) is 9.13. The third kappa shape index (κ3) is 4.22. The van der Waals surface area contributed by atoms with Gasteiger partial charge in [-0.25, -0.2) is 9.37 Å². The number of fused-ring (bicyclic) bond motifs is 1. The van der Waals surface area contributed by atoms with Crippen LogP contribution in [0.3, 0.4) is 0 Å². The van der Waals surface area contributed by atoms with Gasteiger partial charge in [0.25, 0.3) is 5.78 Å². The Balaban J connectivity index is 1.71. The van der Waals surface area contributed by atoms with Gasteiger partial charge in [-0.2, -0.15) is 0 Å². The number of ketones is 1. The number of Topliss-reactive ketones (excluding diaryl/α,β-unsaturated/α-hetero) is 1. The van der Waals surface area contributed by atoms with Crippen LogP contribution < -0.4 is 9.64 Å². The highest BCUT2D eigenvalue weighted by Crippen LogP contribution is 2.42. The highest BCUT2D eigenvalue weighted by Gasteiger charge is 2.48. The van der Waals surface area contributed by atoms with E-state index in [2.05, 4.69) is 30.7 Å². The fourth-order valence-electron chi connectivity index (χ4n) is 4.80. The molecule has 1 fully saturated rings. The van der Waals surface area contributed by atoms with Crippen molar-refractivity contribution < 1.29 is 23.8 Å². The number of carbonyl (C=O) groups is 2. The molecule has 4 aromatic rings. The zero-order valence-electron chi connectivity index (χ0n) is 21.8. The molecule has 1 aliphatic heterocycles. The number of anilines is 1. The Morgan fingerprint density at radius 3 is 2.39 bits per heavy atom. The number of nitrogens with one attached hydrogen (secondary N) is 1. The second-order valence-corrected chi connectivity index (χ2v) is 10.4. The molecule has 5 rings (SSSR count). The van der Waals surface area contributed by atoms with Crippen LogP contribution in [0.1, 0.15) is 49.1 Å². The highest BCUT2D eigenvalue weighted by molar-refractivity contribution is 6.51. The number of amides is 1. The van der Waals surface area contributed by atoms with Gasteiger partial charge < -0.3 is 14.8 Å². The summed E-state index contributed by atoms with van der Waals surface area (Å²) in [5.74, 6) is -1.73. The number of aryl methyl sites for hydroxylation is 1. The number of methoxy groups -OCH3 is 1.